The van der Waals surface area contributed by atoms with Crippen molar-refractivity contribution in [1.29, 1.82) is 0 Å². The lowest BCUT2D eigenvalue weighted by Crippen LogP contribution is -2.09. The number of hydrogen-bond acceptors (Lipinski definition) is 6. The molecule has 0 saturated heterocycles. The van der Waals surface area contributed by atoms with E-state index in [0.717, 1.165) is 19.3 Å². The third-order valence-electron chi connectivity index (χ3n) is 2.72. The van der Waals surface area contributed by atoms with E-state index >= 15 is 0 Å². The molecule has 0 aliphatic heterocycles. The fourth-order valence-corrected chi connectivity index (χ4v) is 1.73. The third-order valence-corrected chi connectivity index (χ3v) is 2.72. The Morgan fingerprint density at radius 2 is 2.20 bits per heavy atom. The van der Waals surface area contributed by atoms with Crippen LogP contribution in [0.15, 0.2) is 18.2 Å². The van der Waals surface area contributed by atoms with Crippen LogP contribution in [0.4, 0.5) is 0 Å². The van der Waals surface area contributed by atoms with Crippen LogP contribution in [0.1, 0.15) is 29.5 Å². The van der Waals surface area contributed by atoms with Gasteiger partial charge >= 0.3 is 0 Å². The van der Waals surface area contributed by atoms with Crippen molar-refractivity contribution in [1.82, 2.24) is 20.2 Å². The Morgan fingerprint density at radius 1 is 1.35 bits per heavy atom. The van der Waals surface area contributed by atoms with Crippen LogP contribution in [-0.4, -0.2) is 33.6 Å². The van der Waals surface area contributed by atoms with Gasteiger partial charge in [-0.05, 0) is 35.0 Å². The summed E-state index contributed by atoms with van der Waals surface area (Å²) in [4.78, 5) is 10.7. The molecule has 0 aliphatic carbocycles. The van der Waals surface area contributed by atoms with Crippen LogP contribution >= 0.6 is 0 Å². The second kappa shape index (κ2) is 6.65. The molecule has 0 saturated carbocycles. The van der Waals surface area contributed by atoms with E-state index in [2.05, 4.69) is 15.5 Å². The monoisotopic (exact) mass is 276 g/mol. The maximum Gasteiger partial charge on any atom is 0.189 e. The van der Waals surface area contributed by atoms with Gasteiger partial charge in [0.1, 0.15) is 12.9 Å². The van der Waals surface area contributed by atoms with Gasteiger partial charge in [0, 0.05) is 12.1 Å². The van der Waals surface area contributed by atoms with Crippen molar-refractivity contribution in [2.75, 3.05) is 7.11 Å². The average Bonchev–Trinajstić information content (AvgIpc) is 2.92. The largest absolute Gasteiger partial charge is 0.493 e. The lowest BCUT2D eigenvalue weighted by atomic mass is 10.2. The lowest BCUT2D eigenvalue weighted by Gasteiger charge is -2.10. The van der Waals surface area contributed by atoms with E-state index in [-0.39, 0.29) is 6.61 Å². The summed E-state index contributed by atoms with van der Waals surface area (Å²) in [6.07, 6.45) is 1.70. The molecule has 1 heterocycles. The van der Waals surface area contributed by atoms with Crippen LogP contribution < -0.4 is 9.47 Å². The topological polar surface area (TPSA) is 79.1 Å². The maximum atomic E-state index is 10.7. The number of ether oxygens (including phenoxy) is 2. The van der Waals surface area contributed by atoms with Gasteiger partial charge in [0.2, 0.25) is 0 Å². The van der Waals surface area contributed by atoms with Gasteiger partial charge in [0.05, 0.1) is 7.11 Å². The highest BCUT2D eigenvalue weighted by Crippen LogP contribution is 2.28. The number of tetrazole rings is 1. The van der Waals surface area contributed by atoms with Crippen LogP contribution in [-0.2, 0) is 13.2 Å². The summed E-state index contributed by atoms with van der Waals surface area (Å²) in [5.74, 6) is 1.70. The summed E-state index contributed by atoms with van der Waals surface area (Å²) in [5, 5.41) is 11.4. The normalized spacial score (nSPS) is 10.3. The van der Waals surface area contributed by atoms with Crippen molar-refractivity contribution in [3.63, 3.8) is 0 Å². The highest BCUT2D eigenvalue weighted by molar-refractivity contribution is 5.76. The summed E-state index contributed by atoms with van der Waals surface area (Å²) in [7, 11) is 1.53. The first-order valence-corrected chi connectivity index (χ1v) is 6.29. The maximum absolute atomic E-state index is 10.7. The molecule has 7 heteroatoms. The minimum Gasteiger partial charge on any atom is -0.493 e. The summed E-state index contributed by atoms with van der Waals surface area (Å²) < 4.78 is 12.5. The van der Waals surface area contributed by atoms with Gasteiger partial charge in [-0.25, -0.2) is 4.68 Å². The van der Waals surface area contributed by atoms with E-state index in [0.29, 0.717) is 22.9 Å². The Bertz CT molecular complexity index is 583. The molecule has 1 aromatic heterocycles. The Kier molecular flexibility index (Phi) is 4.65. The first kappa shape index (κ1) is 14.0. The molecule has 0 spiro atoms. The Balaban J connectivity index is 2.10. The van der Waals surface area contributed by atoms with E-state index in [1.54, 1.807) is 22.9 Å². The number of aldehydes is 1. The zero-order valence-electron chi connectivity index (χ0n) is 11.4. The van der Waals surface area contributed by atoms with E-state index < -0.39 is 0 Å². The van der Waals surface area contributed by atoms with Gasteiger partial charge in [0.15, 0.2) is 17.3 Å². The standard InChI is InChI=1S/C13H16N4O3/c1-3-6-17-13(14-15-16-17)9-20-11-5-4-10(8-18)7-12(11)19-2/h4-5,7-8H,3,6,9H2,1-2H3. The molecule has 7 nitrogen and oxygen atoms in total. The highest BCUT2D eigenvalue weighted by Gasteiger charge is 2.09. The molecule has 0 unspecified atom stereocenters. The smallest absolute Gasteiger partial charge is 0.189 e. The van der Waals surface area contributed by atoms with Gasteiger partial charge in [-0.2, -0.15) is 0 Å². The van der Waals surface area contributed by atoms with E-state index in [1.165, 1.54) is 7.11 Å². The second-order valence-corrected chi connectivity index (χ2v) is 4.14. The Hall–Kier alpha value is -2.44. The predicted octanol–water partition coefficient (Wildman–Crippen LogP) is 1.48. The van der Waals surface area contributed by atoms with Crippen molar-refractivity contribution in [2.45, 2.75) is 26.5 Å². The van der Waals surface area contributed by atoms with Crippen molar-refractivity contribution < 1.29 is 14.3 Å². The van der Waals surface area contributed by atoms with Crippen LogP contribution in [0, 0.1) is 0 Å². The molecule has 1 aromatic carbocycles. The Morgan fingerprint density at radius 3 is 2.90 bits per heavy atom. The number of benzene rings is 1. The quantitative estimate of drug-likeness (QED) is 0.713. The fraction of sp³-hybridized carbons (Fsp3) is 0.385. The molecule has 0 amide bonds. The van der Waals surface area contributed by atoms with Crippen molar-refractivity contribution >= 4 is 6.29 Å². The predicted molar refractivity (Wildman–Crippen MR) is 70.8 cm³/mol. The van der Waals surface area contributed by atoms with Crippen molar-refractivity contribution in [3.8, 4) is 11.5 Å². The molecule has 0 bridgehead atoms. The van der Waals surface area contributed by atoms with Crippen LogP contribution in [0.2, 0.25) is 0 Å². The number of aryl methyl sites for hydroxylation is 1. The lowest BCUT2D eigenvalue weighted by molar-refractivity contribution is 0.112. The van der Waals surface area contributed by atoms with Crippen LogP contribution in [0.25, 0.3) is 0 Å². The van der Waals surface area contributed by atoms with Crippen molar-refractivity contribution in [2.24, 2.45) is 0 Å². The molecule has 0 fully saturated rings. The number of aromatic nitrogens is 4. The first-order chi connectivity index (χ1) is 9.78. The molecule has 0 N–H and O–H groups in total. The van der Waals surface area contributed by atoms with Gasteiger partial charge in [-0.1, -0.05) is 6.92 Å². The summed E-state index contributed by atoms with van der Waals surface area (Å²) in [5.41, 5.74) is 0.532. The second-order valence-electron chi connectivity index (χ2n) is 4.14. The number of carbonyl (C=O) groups excluding carboxylic acids is 1. The molecular formula is C13H16N4O3. The van der Waals surface area contributed by atoms with Crippen LogP contribution in [0.3, 0.4) is 0 Å². The fourth-order valence-electron chi connectivity index (χ4n) is 1.73. The molecule has 20 heavy (non-hydrogen) atoms. The molecule has 2 rings (SSSR count). The van der Waals surface area contributed by atoms with E-state index in [9.17, 15) is 4.79 Å². The molecule has 2 aromatic rings. The highest BCUT2D eigenvalue weighted by atomic mass is 16.5. The molecule has 0 radical (unpaired) electrons. The SMILES string of the molecule is CCCn1nnnc1COc1ccc(C=O)cc1OC. The molecule has 0 aliphatic rings. The number of methoxy groups -OCH3 is 1. The summed E-state index contributed by atoms with van der Waals surface area (Å²) >= 11 is 0. The van der Waals surface area contributed by atoms with Gasteiger partial charge < -0.3 is 9.47 Å². The van der Waals surface area contributed by atoms with Crippen LogP contribution in [0.5, 0.6) is 11.5 Å². The molecular weight excluding hydrogens is 260 g/mol. The molecule has 0 atom stereocenters. The summed E-state index contributed by atoms with van der Waals surface area (Å²) in [6, 6.07) is 4.98. The molecule has 106 valence electrons. The number of rotatable bonds is 7. The number of hydrogen-bond donors (Lipinski definition) is 0. The van der Waals surface area contributed by atoms with Gasteiger partial charge in [-0.3, -0.25) is 4.79 Å². The summed E-state index contributed by atoms with van der Waals surface area (Å²) in [6.45, 7) is 3.03. The first-order valence-electron chi connectivity index (χ1n) is 6.29. The minimum atomic E-state index is 0.240. The average molecular weight is 276 g/mol. The zero-order chi connectivity index (χ0) is 14.4. The number of carbonyl (C=O) groups is 1. The van der Waals surface area contributed by atoms with Gasteiger partial charge in [-0.15, -0.1) is 5.10 Å². The van der Waals surface area contributed by atoms with E-state index in [4.69, 9.17) is 9.47 Å². The minimum absolute atomic E-state index is 0.240. The number of nitrogens with zero attached hydrogens (tertiary/aromatic N) is 4. The zero-order valence-corrected chi connectivity index (χ0v) is 11.4. The Labute approximate surface area is 116 Å². The van der Waals surface area contributed by atoms with E-state index in [1.807, 2.05) is 6.92 Å². The van der Waals surface area contributed by atoms with Gasteiger partial charge in [0.25, 0.3) is 0 Å². The van der Waals surface area contributed by atoms with Crippen molar-refractivity contribution in [3.05, 3.63) is 29.6 Å². The third kappa shape index (κ3) is 3.11.